The fraction of sp³-hybridized carbons (Fsp3) is 0.400. The van der Waals surface area contributed by atoms with E-state index in [1.807, 2.05) is 24.3 Å². The maximum atomic E-state index is 11.0. The highest BCUT2D eigenvalue weighted by atomic mass is 16.5. The Bertz CT molecular complexity index is 1410. The Hall–Kier alpha value is -4.32. The van der Waals surface area contributed by atoms with Crippen molar-refractivity contribution < 1.29 is 29.2 Å². The monoisotopic (exact) mass is 624 g/mol. The summed E-state index contributed by atoms with van der Waals surface area (Å²) in [6, 6.07) is 19.7. The first-order chi connectivity index (χ1) is 22.4. The number of hydrogen-bond donors (Lipinski definition) is 2. The molecule has 4 aromatic rings. The maximum absolute atomic E-state index is 11.0. The molecule has 1 aliphatic carbocycles. The first-order valence-corrected chi connectivity index (χ1v) is 16.9. The zero-order valence-electron chi connectivity index (χ0n) is 27.8. The second-order valence-electron chi connectivity index (χ2n) is 12.1. The topological polar surface area (TPSA) is 77.4 Å². The van der Waals surface area contributed by atoms with Gasteiger partial charge in [0.1, 0.15) is 34.5 Å². The Balaban J connectivity index is 1.79. The summed E-state index contributed by atoms with van der Waals surface area (Å²) < 4.78 is 25.9. The summed E-state index contributed by atoms with van der Waals surface area (Å²) in [6.07, 6.45) is 5.58. The van der Waals surface area contributed by atoms with Crippen LogP contribution >= 0.6 is 0 Å². The molecule has 0 fully saturated rings. The number of para-hydroxylation sites is 2. The van der Waals surface area contributed by atoms with Crippen LogP contribution in [0.5, 0.6) is 34.5 Å². The van der Waals surface area contributed by atoms with Gasteiger partial charge in [-0.25, -0.2) is 0 Å². The summed E-state index contributed by atoms with van der Waals surface area (Å²) in [6.45, 7) is 10.7. The van der Waals surface area contributed by atoms with Gasteiger partial charge < -0.3 is 29.2 Å². The van der Waals surface area contributed by atoms with Gasteiger partial charge in [0.25, 0.3) is 0 Å². The molecule has 0 saturated heterocycles. The highest BCUT2D eigenvalue weighted by Crippen LogP contribution is 2.41. The van der Waals surface area contributed by atoms with Crippen LogP contribution in [0, 0.1) is 0 Å². The molecule has 0 spiro atoms. The van der Waals surface area contributed by atoms with Crippen molar-refractivity contribution in [2.24, 2.45) is 0 Å². The van der Waals surface area contributed by atoms with Crippen LogP contribution in [-0.2, 0) is 25.7 Å². The number of benzene rings is 4. The van der Waals surface area contributed by atoms with Gasteiger partial charge in [0, 0.05) is 47.9 Å². The first kappa shape index (κ1) is 33.1. The molecule has 6 heteroatoms. The SMILES string of the molecule is CCCOc1c2cccc1Cc1cc(O)cc(c1OCCC)Cc1cccc(c1OCCC)Cc1cc(O)cc(c1OCCC)C2. The molecule has 6 nitrogen and oxygen atoms in total. The van der Waals surface area contributed by atoms with Gasteiger partial charge in [0.2, 0.25) is 0 Å². The van der Waals surface area contributed by atoms with E-state index in [0.29, 0.717) is 52.1 Å². The number of aromatic hydroxyl groups is 2. The molecule has 0 radical (unpaired) electrons. The van der Waals surface area contributed by atoms with E-state index < -0.39 is 0 Å². The maximum Gasteiger partial charge on any atom is 0.126 e. The fourth-order valence-corrected chi connectivity index (χ4v) is 6.21. The number of fused-ring (bicyclic) bond motifs is 8. The second kappa shape index (κ2) is 15.8. The third-order valence-electron chi connectivity index (χ3n) is 8.14. The van der Waals surface area contributed by atoms with Crippen molar-refractivity contribution >= 4 is 0 Å². The molecule has 4 aromatic carbocycles. The van der Waals surface area contributed by atoms with E-state index in [2.05, 4.69) is 64.1 Å². The predicted octanol–water partition coefficient (Wildman–Crippen LogP) is 8.93. The summed E-state index contributed by atoms with van der Waals surface area (Å²) in [7, 11) is 0. The van der Waals surface area contributed by atoms with Gasteiger partial charge in [-0.05, 0) is 72.2 Å². The first-order valence-electron chi connectivity index (χ1n) is 16.9. The second-order valence-corrected chi connectivity index (χ2v) is 12.1. The number of phenolic OH excluding ortho intramolecular Hbond substituents is 2. The van der Waals surface area contributed by atoms with Crippen LogP contribution in [0.25, 0.3) is 0 Å². The Labute approximate surface area is 273 Å². The smallest absolute Gasteiger partial charge is 0.126 e. The van der Waals surface area contributed by atoms with Crippen molar-refractivity contribution in [2.45, 2.75) is 79.1 Å². The standard InChI is InChI=1S/C40H48O6/c1-5-15-43-37-27-11-9-12-28(37)20-32-24-36(42)26-34(40(32)46-18-8-4)22-30-14-10-13-29(38(30)44-16-6-2)21-33-25-35(41)23-31(19-27)39(33)45-17-7-3/h9-14,23-26,41-42H,5-8,15-22H2,1-4H3. The van der Waals surface area contributed by atoms with Crippen LogP contribution in [0.15, 0.2) is 60.7 Å². The van der Waals surface area contributed by atoms with Gasteiger partial charge in [-0.1, -0.05) is 64.1 Å². The quantitative estimate of drug-likeness (QED) is 0.144. The molecule has 0 atom stereocenters. The predicted molar refractivity (Wildman–Crippen MR) is 183 cm³/mol. The van der Waals surface area contributed by atoms with Gasteiger partial charge >= 0.3 is 0 Å². The molecule has 1 aliphatic rings. The van der Waals surface area contributed by atoms with E-state index in [9.17, 15) is 10.2 Å². The molecule has 5 rings (SSSR count). The van der Waals surface area contributed by atoms with Crippen LogP contribution in [0.4, 0.5) is 0 Å². The molecule has 0 saturated carbocycles. The lowest BCUT2D eigenvalue weighted by atomic mass is 9.91. The Kier molecular flexibility index (Phi) is 11.4. The minimum atomic E-state index is 0.206. The molecule has 0 heterocycles. The third kappa shape index (κ3) is 7.72. The highest BCUT2D eigenvalue weighted by molar-refractivity contribution is 5.58. The molecule has 0 aromatic heterocycles. The van der Waals surface area contributed by atoms with Crippen molar-refractivity contribution in [3.63, 3.8) is 0 Å². The zero-order valence-corrected chi connectivity index (χ0v) is 27.8. The number of hydrogen-bond acceptors (Lipinski definition) is 6. The highest BCUT2D eigenvalue weighted by Gasteiger charge is 2.23. The van der Waals surface area contributed by atoms with E-state index >= 15 is 0 Å². The molecule has 2 N–H and O–H groups in total. The summed E-state index contributed by atoms with van der Waals surface area (Å²) in [5.74, 6) is 3.67. The molecular formula is C40H48O6. The molecule has 46 heavy (non-hydrogen) atoms. The number of rotatable bonds is 12. The Morgan fingerprint density at radius 3 is 0.891 bits per heavy atom. The van der Waals surface area contributed by atoms with Gasteiger partial charge in [-0.3, -0.25) is 0 Å². The van der Waals surface area contributed by atoms with E-state index in [1.165, 1.54) is 0 Å². The normalized spacial score (nSPS) is 12.4. The van der Waals surface area contributed by atoms with Crippen LogP contribution in [0.1, 0.15) is 97.9 Å². The molecular weight excluding hydrogens is 576 g/mol. The van der Waals surface area contributed by atoms with E-state index in [0.717, 1.165) is 93.2 Å². The van der Waals surface area contributed by atoms with Crippen molar-refractivity contribution in [3.8, 4) is 34.5 Å². The Morgan fingerprint density at radius 1 is 0.413 bits per heavy atom. The summed E-state index contributed by atoms with van der Waals surface area (Å²) in [5.41, 5.74) is 7.70. The summed E-state index contributed by atoms with van der Waals surface area (Å²) in [4.78, 5) is 0. The summed E-state index contributed by atoms with van der Waals surface area (Å²) in [5, 5.41) is 22.1. The average Bonchev–Trinajstić information content (AvgIpc) is 3.03. The summed E-state index contributed by atoms with van der Waals surface area (Å²) >= 11 is 0. The zero-order chi connectivity index (χ0) is 32.5. The minimum absolute atomic E-state index is 0.206. The van der Waals surface area contributed by atoms with Crippen molar-refractivity contribution in [1.29, 1.82) is 0 Å². The minimum Gasteiger partial charge on any atom is -0.508 e. The van der Waals surface area contributed by atoms with Crippen LogP contribution in [0.3, 0.4) is 0 Å². The third-order valence-corrected chi connectivity index (χ3v) is 8.14. The Morgan fingerprint density at radius 2 is 0.652 bits per heavy atom. The largest absolute Gasteiger partial charge is 0.508 e. The lowest BCUT2D eigenvalue weighted by molar-refractivity contribution is 0.304. The number of ether oxygens (including phenoxy) is 4. The molecule has 8 bridgehead atoms. The van der Waals surface area contributed by atoms with Crippen molar-refractivity contribution in [3.05, 3.63) is 105 Å². The molecule has 244 valence electrons. The van der Waals surface area contributed by atoms with Gasteiger partial charge in [0.15, 0.2) is 0 Å². The van der Waals surface area contributed by atoms with Crippen LogP contribution in [-0.4, -0.2) is 36.6 Å². The van der Waals surface area contributed by atoms with Gasteiger partial charge in [-0.2, -0.15) is 0 Å². The fourth-order valence-electron chi connectivity index (χ4n) is 6.21. The van der Waals surface area contributed by atoms with Crippen molar-refractivity contribution in [2.75, 3.05) is 26.4 Å². The number of phenols is 2. The van der Waals surface area contributed by atoms with E-state index in [4.69, 9.17) is 18.9 Å². The average molecular weight is 625 g/mol. The van der Waals surface area contributed by atoms with Crippen LogP contribution < -0.4 is 18.9 Å². The molecule has 0 unspecified atom stereocenters. The lowest BCUT2D eigenvalue weighted by Crippen LogP contribution is -2.10. The van der Waals surface area contributed by atoms with Gasteiger partial charge in [0.05, 0.1) is 26.4 Å². The lowest BCUT2D eigenvalue weighted by Gasteiger charge is -2.23. The molecule has 0 aliphatic heterocycles. The van der Waals surface area contributed by atoms with Gasteiger partial charge in [-0.15, -0.1) is 0 Å². The van der Waals surface area contributed by atoms with E-state index in [-0.39, 0.29) is 11.5 Å². The molecule has 0 amide bonds. The van der Waals surface area contributed by atoms with Crippen molar-refractivity contribution in [1.82, 2.24) is 0 Å². The van der Waals surface area contributed by atoms with Crippen LogP contribution in [0.2, 0.25) is 0 Å². The van der Waals surface area contributed by atoms with E-state index in [1.54, 1.807) is 0 Å².